The number of halogens is 5. The van der Waals surface area contributed by atoms with Crippen molar-refractivity contribution in [3.63, 3.8) is 0 Å². The van der Waals surface area contributed by atoms with Crippen LogP contribution in [-0.2, 0) is 24.7 Å². The third-order valence-corrected chi connectivity index (χ3v) is 5.02. The van der Waals surface area contributed by atoms with Crippen molar-refractivity contribution in [1.82, 2.24) is 0 Å². The molecule has 0 fully saturated rings. The number of fused-ring (bicyclic) bond motifs is 1. The number of benzene rings is 1. The fourth-order valence-corrected chi connectivity index (χ4v) is 3.29. The van der Waals surface area contributed by atoms with Gasteiger partial charge < -0.3 is 37.2 Å². The summed E-state index contributed by atoms with van der Waals surface area (Å²) in [5, 5.41) is 0.820. The molecule has 1 unspecified atom stereocenters. The normalized spacial score (nSPS) is 16.3. The van der Waals surface area contributed by atoms with Crippen molar-refractivity contribution in [2.45, 2.75) is 10.5 Å². The Balaban J connectivity index is 0. The third-order valence-electron chi connectivity index (χ3n) is 2.26. The van der Waals surface area contributed by atoms with Crippen molar-refractivity contribution in [1.29, 1.82) is 0 Å². The first kappa shape index (κ1) is 19.8. The van der Waals surface area contributed by atoms with Gasteiger partial charge in [0.1, 0.15) is 0 Å². The Morgan fingerprint density at radius 2 is 1.81 bits per heavy atom. The van der Waals surface area contributed by atoms with Gasteiger partial charge in [-0.15, -0.1) is 0 Å². The molecule has 0 heterocycles. The Morgan fingerprint density at radius 1 is 1.25 bits per heavy atom. The van der Waals surface area contributed by atoms with Gasteiger partial charge in [0.05, 0.1) is 0 Å². The van der Waals surface area contributed by atoms with Crippen LogP contribution in [0.25, 0.3) is 6.08 Å². The Hall–Kier alpha value is 1.48. The molecule has 2 rings (SSSR count). The van der Waals surface area contributed by atoms with E-state index in [0.717, 1.165) is 9.50 Å². The molecular weight excluding hydrogens is 433 g/mol. The predicted octanol–water partition coefficient (Wildman–Crippen LogP) is -4.88. The van der Waals surface area contributed by atoms with Crippen molar-refractivity contribution >= 4 is 33.6 Å². The van der Waals surface area contributed by atoms with Gasteiger partial charge in [0.25, 0.3) is 0 Å². The van der Waals surface area contributed by atoms with Crippen molar-refractivity contribution in [2.24, 2.45) is 0 Å². The van der Waals surface area contributed by atoms with Gasteiger partial charge in [-0.1, -0.05) is 0 Å². The van der Waals surface area contributed by atoms with Crippen LogP contribution >= 0.6 is 27.5 Å². The number of hydrogen-bond donors (Lipinski definition) is 0. The van der Waals surface area contributed by atoms with E-state index in [2.05, 4.69) is 35.0 Å². The summed E-state index contributed by atoms with van der Waals surface area (Å²) in [6, 6.07) is 4.03. The van der Waals surface area contributed by atoms with Crippen LogP contribution in [0.3, 0.4) is 0 Å². The van der Waals surface area contributed by atoms with Crippen LogP contribution in [0.15, 0.2) is 22.2 Å². The molecular formula is C10H7BrCl4Zr. The van der Waals surface area contributed by atoms with Crippen molar-refractivity contribution in [3.8, 4) is 0 Å². The van der Waals surface area contributed by atoms with E-state index in [4.69, 9.17) is 11.6 Å². The zero-order valence-electron chi connectivity index (χ0n) is 8.20. The molecule has 0 nitrogen and oxygen atoms in total. The van der Waals surface area contributed by atoms with Gasteiger partial charge >= 0.3 is 107 Å². The molecule has 1 atom stereocenters. The molecule has 0 N–H and O–H groups in total. The maximum absolute atomic E-state index is 6.00. The van der Waals surface area contributed by atoms with E-state index in [1.165, 1.54) is 41.4 Å². The molecule has 1 aliphatic carbocycles. The van der Waals surface area contributed by atoms with Crippen LogP contribution in [0.4, 0.5) is 0 Å². The second-order valence-electron chi connectivity index (χ2n) is 3.21. The Kier molecular flexibility index (Phi) is 9.68. The molecule has 1 aromatic carbocycles. The van der Waals surface area contributed by atoms with E-state index >= 15 is 0 Å². The van der Waals surface area contributed by atoms with Crippen LogP contribution in [0.5, 0.6) is 0 Å². The molecule has 1 aromatic rings. The molecule has 1 aliphatic rings. The Bertz CT molecular complexity index is 406. The smallest absolute Gasteiger partial charge is 1.00 e. The summed E-state index contributed by atoms with van der Waals surface area (Å²) in [6.45, 7) is 2.18. The van der Waals surface area contributed by atoms with Crippen LogP contribution in [-0.4, -0.2) is 0 Å². The monoisotopic (exact) mass is 436 g/mol. The van der Waals surface area contributed by atoms with Crippen molar-refractivity contribution in [3.05, 3.63) is 38.3 Å². The fraction of sp³-hybridized carbons (Fsp3) is 0.200. The quantitative estimate of drug-likeness (QED) is 0.380. The Morgan fingerprint density at radius 3 is 2.38 bits per heavy atom. The first-order valence-corrected chi connectivity index (χ1v) is 6.57. The molecule has 0 spiro atoms. The standard InChI is InChI=1S/C10H7BrCl.3ClH.Zr/c1-6-2-7-4-8(12)5-10(11)9(7)3-6;;;;/h2-5H,1H3;3*1H;/q;;;;+3/p-3. The minimum atomic E-state index is 0. The number of allylic oxidation sites excluding steroid dienone is 1. The zero-order chi connectivity index (χ0) is 9.59. The average molecular weight is 440 g/mol. The molecule has 0 saturated heterocycles. The van der Waals surface area contributed by atoms with Gasteiger partial charge in [0, 0.05) is 0 Å². The summed E-state index contributed by atoms with van der Waals surface area (Å²) in [6.07, 6.45) is 2.25. The van der Waals surface area contributed by atoms with Crippen LogP contribution in [0.2, 0.25) is 5.02 Å². The van der Waals surface area contributed by atoms with E-state index < -0.39 is 0 Å². The van der Waals surface area contributed by atoms with Gasteiger partial charge in [0.15, 0.2) is 0 Å². The number of rotatable bonds is 0. The van der Waals surface area contributed by atoms with E-state index in [-0.39, 0.29) is 37.2 Å². The van der Waals surface area contributed by atoms with Crippen molar-refractivity contribution in [2.75, 3.05) is 0 Å². The summed E-state index contributed by atoms with van der Waals surface area (Å²) in [4.78, 5) is 0. The van der Waals surface area contributed by atoms with Gasteiger partial charge in [-0.2, -0.15) is 0 Å². The summed E-state index contributed by atoms with van der Waals surface area (Å²) < 4.78 is 1.71. The molecule has 86 valence electrons. The fourth-order valence-electron chi connectivity index (χ4n) is 1.55. The molecule has 0 aliphatic heterocycles. The first-order chi connectivity index (χ1) is 6.09. The van der Waals surface area contributed by atoms with Gasteiger partial charge in [-0.05, 0) is 0 Å². The minimum absolute atomic E-state index is 0. The van der Waals surface area contributed by atoms with Gasteiger partial charge in [0.2, 0.25) is 0 Å². The average Bonchev–Trinajstić information content (AvgIpc) is 2.32. The summed E-state index contributed by atoms with van der Waals surface area (Å²) >= 11 is 11.1. The van der Waals surface area contributed by atoms with Crippen molar-refractivity contribution < 1.29 is 61.9 Å². The third kappa shape index (κ3) is 3.74. The van der Waals surface area contributed by atoms with Crippen LogP contribution in [0, 0.1) is 0 Å². The van der Waals surface area contributed by atoms with Gasteiger partial charge in [-0.25, -0.2) is 0 Å². The summed E-state index contributed by atoms with van der Waals surface area (Å²) in [5.74, 6) is 0. The molecule has 6 heteroatoms. The van der Waals surface area contributed by atoms with E-state index in [1.54, 1.807) is 0 Å². The first-order valence-electron chi connectivity index (χ1n) is 3.98. The largest absolute Gasteiger partial charge is 1.00 e. The summed E-state index contributed by atoms with van der Waals surface area (Å²) in [7, 11) is 0. The number of hydrogen-bond acceptors (Lipinski definition) is 0. The van der Waals surface area contributed by atoms with Crippen LogP contribution < -0.4 is 37.2 Å². The molecule has 0 amide bonds. The maximum atomic E-state index is 6.00. The van der Waals surface area contributed by atoms with Gasteiger partial charge in [-0.3, -0.25) is 0 Å². The molecule has 0 saturated carbocycles. The SMILES string of the molecule is CC1=Cc2c(Br)cc(Cl)cc2[CH]1[Zr+3].[Cl-].[Cl-].[Cl-]. The van der Waals surface area contributed by atoms with E-state index in [0.29, 0.717) is 3.63 Å². The van der Waals surface area contributed by atoms with Crippen LogP contribution in [0.1, 0.15) is 21.7 Å². The summed E-state index contributed by atoms with van der Waals surface area (Å²) in [5.41, 5.74) is 4.12. The maximum Gasteiger partial charge on any atom is -1.00 e. The molecule has 16 heavy (non-hydrogen) atoms. The molecule has 0 aromatic heterocycles. The molecule has 0 radical (unpaired) electrons. The topological polar surface area (TPSA) is 0 Å². The van der Waals surface area contributed by atoms with E-state index in [1.807, 2.05) is 6.07 Å². The predicted molar refractivity (Wildman–Crippen MR) is 55.5 cm³/mol. The second-order valence-corrected chi connectivity index (χ2v) is 5.92. The second kappa shape index (κ2) is 7.82. The molecule has 0 bridgehead atoms. The zero-order valence-corrected chi connectivity index (χ0v) is 15.3. The minimum Gasteiger partial charge on any atom is -1.00 e. The Labute approximate surface area is 143 Å². The van der Waals surface area contributed by atoms with E-state index in [9.17, 15) is 0 Å².